The van der Waals surface area contributed by atoms with Gasteiger partial charge in [0.15, 0.2) is 0 Å². The van der Waals surface area contributed by atoms with Gasteiger partial charge < -0.3 is 22.8 Å². The van der Waals surface area contributed by atoms with Crippen LogP contribution in [-0.2, 0) is 23.7 Å². The van der Waals surface area contributed by atoms with Crippen LogP contribution in [0.5, 0.6) is 0 Å². The molecule has 0 bridgehead atoms. The summed E-state index contributed by atoms with van der Waals surface area (Å²) in [6, 6.07) is 124. The summed E-state index contributed by atoms with van der Waals surface area (Å²) in [5.74, 6) is 0.207. The zero-order valence-corrected chi connectivity index (χ0v) is 68.3. The minimum Gasteiger partial charge on any atom is -0.310 e. The van der Waals surface area contributed by atoms with Gasteiger partial charge in [0.1, 0.15) is 0 Å². The molecule has 1 atom stereocenters. The number of allylic oxidation sites excluding steroid dienone is 3. The van der Waals surface area contributed by atoms with Gasteiger partial charge in [-0.15, -0.1) is 0 Å². The zero-order chi connectivity index (χ0) is 79.3. The highest BCUT2D eigenvalue weighted by molar-refractivity contribution is 6.26. The lowest BCUT2D eigenvalue weighted by atomic mass is 9.53. The first-order valence-electron chi connectivity index (χ1n) is 42.2. The lowest BCUT2D eigenvalue weighted by molar-refractivity contribution is 0.173. The fraction of sp³-hybridized carbons (Fsp3) is 0.161. The van der Waals surface area contributed by atoms with E-state index < -0.39 is 0 Å². The fourth-order valence-corrected chi connectivity index (χ4v) is 21.6. The van der Waals surface area contributed by atoms with Gasteiger partial charge in [-0.25, -0.2) is 0 Å². The number of hydrogen-bond acceptors (Lipinski definition) is 0. The van der Waals surface area contributed by atoms with E-state index in [-0.39, 0.29) is 22.2 Å². The summed E-state index contributed by atoms with van der Waals surface area (Å²) >= 11 is 0. The van der Waals surface area contributed by atoms with E-state index in [0.29, 0.717) is 0 Å². The third kappa shape index (κ3) is 10.9. The molecule has 0 N–H and O–H groups in total. The molecule has 5 aromatic heterocycles. The third-order valence-electron chi connectivity index (χ3n) is 27.8. The van der Waals surface area contributed by atoms with Crippen molar-refractivity contribution in [2.45, 2.75) is 105 Å². The molecular formula is C112H95N5. The molecule has 0 spiro atoms. The van der Waals surface area contributed by atoms with Crippen molar-refractivity contribution in [3.63, 3.8) is 0 Å². The Morgan fingerprint density at radius 2 is 0.821 bits per heavy atom. The van der Waals surface area contributed by atoms with E-state index in [1.165, 1.54) is 177 Å². The Morgan fingerprint density at radius 1 is 0.350 bits per heavy atom. The maximum absolute atomic E-state index is 5.08. The Kier molecular flexibility index (Phi) is 16.8. The van der Waals surface area contributed by atoms with Crippen LogP contribution in [0, 0.1) is 18.3 Å². The van der Waals surface area contributed by atoms with Crippen LogP contribution in [0.4, 0.5) is 0 Å². The molecule has 5 heterocycles. The quantitative estimate of drug-likeness (QED) is 0.0765. The van der Waals surface area contributed by atoms with Gasteiger partial charge in [-0.3, -0.25) is 0 Å². The van der Waals surface area contributed by atoms with E-state index in [1.54, 1.807) is 0 Å². The molecule has 0 saturated heterocycles. The van der Waals surface area contributed by atoms with Crippen LogP contribution < -0.4 is 0 Å². The summed E-state index contributed by atoms with van der Waals surface area (Å²) in [4.78, 5) is 0. The second kappa shape index (κ2) is 27.5. The lowest BCUT2D eigenvalue weighted by Gasteiger charge is -2.50. The van der Waals surface area contributed by atoms with Crippen LogP contribution in [0.1, 0.15) is 108 Å². The summed E-state index contributed by atoms with van der Waals surface area (Å²) in [7, 11) is 0. The number of rotatable bonds is 18. The highest BCUT2D eigenvalue weighted by atomic mass is 15.0. The Bertz CT molecular complexity index is 7500. The lowest BCUT2D eigenvalue weighted by Crippen LogP contribution is -2.44. The number of nitrogens with zero attached hydrogens (tertiary/aromatic N) is 5. The van der Waals surface area contributed by atoms with Crippen LogP contribution in [0.3, 0.4) is 0 Å². The zero-order valence-electron chi connectivity index (χ0n) is 68.3. The monoisotopic (exact) mass is 1510 g/mol. The summed E-state index contributed by atoms with van der Waals surface area (Å²) < 4.78 is 12.5. The van der Waals surface area contributed by atoms with Gasteiger partial charge in [0.2, 0.25) is 0 Å². The van der Waals surface area contributed by atoms with Crippen molar-refractivity contribution < 1.29 is 0 Å². The smallest absolute Gasteiger partial charge is 0.0641 e. The molecule has 0 amide bonds. The molecule has 0 radical (unpaired) electrons. The normalized spacial score (nSPS) is 13.4. The summed E-state index contributed by atoms with van der Waals surface area (Å²) in [5, 5.41) is 12.3. The van der Waals surface area contributed by atoms with E-state index in [9.17, 15) is 0 Å². The molecule has 5 nitrogen and oxygen atoms in total. The van der Waals surface area contributed by atoms with Crippen molar-refractivity contribution in [3.8, 4) is 56.1 Å². The molecule has 5 heteroatoms. The average Bonchev–Trinajstić information content (AvgIpc) is 1.70. The maximum Gasteiger partial charge on any atom is 0.0641 e. The summed E-state index contributed by atoms with van der Waals surface area (Å²) in [5.41, 5.74) is 33.4. The van der Waals surface area contributed by atoms with Crippen molar-refractivity contribution in [1.82, 2.24) is 22.8 Å². The van der Waals surface area contributed by atoms with Crippen LogP contribution in [0.15, 0.2) is 346 Å². The number of aromatic nitrogens is 5. The van der Waals surface area contributed by atoms with E-state index in [2.05, 4.69) is 419 Å². The third-order valence-corrected chi connectivity index (χ3v) is 27.8. The summed E-state index contributed by atoms with van der Waals surface area (Å²) in [6.45, 7) is 27.1. The molecule has 0 fully saturated rings. The summed E-state index contributed by atoms with van der Waals surface area (Å²) in [6.07, 6.45) is 7.59. The van der Waals surface area contributed by atoms with Crippen molar-refractivity contribution in [2.24, 2.45) is 11.3 Å². The standard InChI is InChI=1S/C112H95N5/c1-11-111(10,81-35-18-15-19-36-81)82-63-80(66-86(69-82)117-102-48-28-20-38-88(102)92-57-61-107-108(109(92)117)93-42-24-29-49-103(93)116(107)85-56-60-106-96(70-85)91-41-23-27-47-101(91)114(106)83-37-30-34-76(64-83)74-32-16-14-17-33-74)87-43-31-44-97(73(87)7)112(12-2,13-3)110(8,9)98(71(4)5)62-72(6)113-99-45-25-21-39-89(99)94-67-78(53-58-104(94)113)79-54-59-105-95(68-79)90-40-22-26-46-100(90)115(105)84-55-52-75-50-51-77(75)65-84/h14-49,52-71H,6,11-13,50-51H2,1-5,7-10H3/b98-62+. The van der Waals surface area contributed by atoms with Gasteiger partial charge in [0, 0.05) is 93.1 Å². The van der Waals surface area contributed by atoms with E-state index in [1.807, 2.05) is 0 Å². The number of aryl methyl sites for hydroxylation is 2. The Hall–Kier alpha value is -13.2. The second-order valence-corrected chi connectivity index (χ2v) is 34.1. The van der Waals surface area contributed by atoms with Crippen LogP contribution in [-0.4, -0.2) is 22.8 Å². The molecule has 568 valence electrons. The van der Waals surface area contributed by atoms with E-state index in [0.717, 1.165) is 65.0 Å². The van der Waals surface area contributed by atoms with Gasteiger partial charge in [0.25, 0.3) is 0 Å². The first-order chi connectivity index (χ1) is 57.2. The van der Waals surface area contributed by atoms with E-state index in [4.69, 9.17) is 6.58 Å². The van der Waals surface area contributed by atoms with Crippen LogP contribution in [0.25, 0.3) is 171 Å². The van der Waals surface area contributed by atoms with E-state index >= 15 is 0 Å². The molecule has 0 aliphatic heterocycles. The molecule has 1 unspecified atom stereocenters. The van der Waals surface area contributed by atoms with Gasteiger partial charge in [-0.2, -0.15) is 0 Å². The number of hydrogen-bond donors (Lipinski definition) is 0. The first-order valence-corrected chi connectivity index (χ1v) is 42.2. The number of benzene rings is 15. The van der Waals surface area contributed by atoms with Gasteiger partial charge >= 0.3 is 0 Å². The minimum absolute atomic E-state index is 0.207. The fourth-order valence-electron chi connectivity index (χ4n) is 21.6. The topological polar surface area (TPSA) is 24.6 Å². The number of fused-ring (bicyclic) bond motifs is 17. The molecule has 1 aliphatic carbocycles. The molecule has 117 heavy (non-hydrogen) atoms. The highest BCUT2D eigenvalue weighted by Gasteiger charge is 2.48. The van der Waals surface area contributed by atoms with Crippen LogP contribution >= 0.6 is 0 Å². The Labute approximate surface area is 685 Å². The van der Waals surface area contributed by atoms with Crippen molar-refractivity contribution in [1.29, 1.82) is 0 Å². The molecule has 1 aliphatic rings. The molecule has 20 aromatic rings. The second-order valence-electron chi connectivity index (χ2n) is 34.1. The van der Waals surface area contributed by atoms with Gasteiger partial charge in [-0.05, 0) is 238 Å². The predicted molar refractivity (Wildman–Crippen MR) is 499 cm³/mol. The predicted octanol–water partition coefficient (Wildman–Crippen LogP) is 30.1. The minimum atomic E-state index is -0.347. The molecule has 0 saturated carbocycles. The largest absolute Gasteiger partial charge is 0.310 e. The number of para-hydroxylation sites is 5. The molecular weight excluding hydrogens is 1420 g/mol. The first kappa shape index (κ1) is 71.6. The van der Waals surface area contributed by atoms with Crippen molar-refractivity contribution >= 4 is 115 Å². The molecule has 21 rings (SSSR count). The SMILES string of the molecule is C=C(/C=C(\C(C)C)C(C)(C)C(CC)(CC)c1cccc(-c2cc(-n3c4ccccc4c4ccc5c(c6ccccc6n5-c5ccc6c(c5)c5ccccc5n6-c5cccc(-c6ccccc6)c5)c43)cc(C(C)(CC)c3ccccc3)c2)c1C)n1c2ccccc2c2cc(-c3ccc4c(c3)c3ccccc3n4-c3ccc4c(c3)CC4)ccc21. The Morgan fingerprint density at radius 3 is 1.45 bits per heavy atom. The average molecular weight is 1510 g/mol. The van der Waals surface area contributed by atoms with Gasteiger partial charge in [0.05, 0.1) is 55.2 Å². The van der Waals surface area contributed by atoms with Crippen molar-refractivity contribution in [3.05, 3.63) is 379 Å². The highest BCUT2D eigenvalue weighted by Crippen LogP contribution is 2.56. The van der Waals surface area contributed by atoms with Crippen molar-refractivity contribution in [2.75, 3.05) is 0 Å². The maximum atomic E-state index is 5.08. The molecule has 15 aromatic carbocycles. The Balaban J connectivity index is 0.693. The van der Waals surface area contributed by atoms with Gasteiger partial charge in [-0.1, -0.05) is 280 Å². The van der Waals surface area contributed by atoms with Crippen LogP contribution in [0.2, 0.25) is 0 Å².